The van der Waals surface area contributed by atoms with E-state index in [1.54, 1.807) is 16.7 Å². The molecular formula is C15H26N2O3S. The number of thioether (sulfide) groups is 1. The third kappa shape index (κ3) is 4.61. The quantitative estimate of drug-likeness (QED) is 0.806. The van der Waals surface area contributed by atoms with Gasteiger partial charge in [-0.1, -0.05) is 13.3 Å². The number of aliphatic carboxylic acids is 1. The molecule has 1 amide bonds. The lowest BCUT2D eigenvalue weighted by Gasteiger charge is -2.37. The number of nitrogens with zero attached hydrogens (tertiary/aromatic N) is 1. The van der Waals surface area contributed by atoms with Gasteiger partial charge in [0.2, 0.25) is 5.91 Å². The van der Waals surface area contributed by atoms with Crippen molar-refractivity contribution < 1.29 is 14.7 Å². The summed E-state index contributed by atoms with van der Waals surface area (Å²) >= 11 is 1.70. The highest BCUT2D eigenvalue weighted by Gasteiger charge is 2.35. The number of likely N-dealkylation sites (tertiary alicyclic amines) is 1. The summed E-state index contributed by atoms with van der Waals surface area (Å²) in [5.41, 5.74) is 0. The molecule has 2 aliphatic rings. The van der Waals surface area contributed by atoms with Crippen LogP contribution in [0.4, 0.5) is 0 Å². The fourth-order valence-corrected chi connectivity index (χ4v) is 4.29. The number of carbonyl (C=O) groups excluding carboxylic acids is 1. The molecule has 0 saturated carbocycles. The Morgan fingerprint density at radius 2 is 2.00 bits per heavy atom. The molecule has 0 spiro atoms. The van der Waals surface area contributed by atoms with Crippen molar-refractivity contribution in [2.75, 3.05) is 25.4 Å². The summed E-state index contributed by atoms with van der Waals surface area (Å²) in [6.45, 7) is 4.73. The van der Waals surface area contributed by atoms with Crippen molar-refractivity contribution in [3.8, 4) is 0 Å². The van der Waals surface area contributed by atoms with E-state index in [1.807, 2.05) is 0 Å². The standard InChI is InChI=1S/C15H26N2O3S/c1-2-11-5-8-17(13(9-11)15(19)20)14(18)10-21-12-3-6-16-7-4-12/h11-13,16H,2-10H2,1H3,(H,19,20). The number of piperidine rings is 2. The fourth-order valence-electron chi connectivity index (χ4n) is 3.18. The van der Waals surface area contributed by atoms with Crippen molar-refractivity contribution in [2.45, 2.75) is 50.3 Å². The molecule has 2 atom stereocenters. The van der Waals surface area contributed by atoms with Gasteiger partial charge in [0.25, 0.3) is 0 Å². The molecule has 6 heteroatoms. The van der Waals surface area contributed by atoms with E-state index >= 15 is 0 Å². The molecule has 2 rings (SSSR count). The van der Waals surface area contributed by atoms with E-state index in [0.717, 1.165) is 38.8 Å². The van der Waals surface area contributed by atoms with Gasteiger partial charge in [0, 0.05) is 11.8 Å². The maximum atomic E-state index is 12.4. The Hall–Kier alpha value is -0.750. The molecule has 0 bridgehead atoms. The number of nitrogens with one attached hydrogen (secondary N) is 1. The summed E-state index contributed by atoms with van der Waals surface area (Å²) in [5, 5.41) is 13.2. The van der Waals surface area contributed by atoms with Gasteiger partial charge in [0.05, 0.1) is 5.75 Å². The van der Waals surface area contributed by atoms with Crippen LogP contribution in [-0.4, -0.2) is 58.6 Å². The molecule has 0 aromatic heterocycles. The molecule has 2 N–H and O–H groups in total. The van der Waals surface area contributed by atoms with Crippen molar-refractivity contribution in [3.05, 3.63) is 0 Å². The molecule has 2 saturated heterocycles. The summed E-state index contributed by atoms with van der Waals surface area (Å²) in [5.74, 6) is 0.00619. The first kappa shape index (κ1) is 16.6. The SMILES string of the molecule is CCC1CCN(C(=O)CSC2CCNCC2)C(C(=O)O)C1. The number of amides is 1. The third-order valence-electron chi connectivity index (χ3n) is 4.62. The van der Waals surface area contributed by atoms with Gasteiger partial charge in [-0.15, -0.1) is 11.8 Å². The second-order valence-corrected chi connectivity index (χ2v) is 7.29. The van der Waals surface area contributed by atoms with Gasteiger partial charge in [-0.25, -0.2) is 4.79 Å². The van der Waals surface area contributed by atoms with Crippen molar-refractivity contribution in [1.82, 2.24) is 10.2 Å². The van der Waals surface area contributed by atoms with Gasteiger partial charge < -0.3 is 15.3 Å². The summed E-state index contributed by atoms with van der Waals surface area (Å²) in [6.07, 6.45) is 4.73. The average Bonchev–Trinajstić information content (AvgIpc) is 2.52. The van der Waals surface area contributed by atoms with Crippen LogP contribution in [-0.2, 0) is 9.59 Å². The number of rotatable bonds is 5. The van der Waals surface area contributed by atoms with Crippen LogP contribution in [0.25, 0.3) is 0 Å². The number of carboxylic acids is 1. The zero-order valence-electron chi connectivity index (χ0n) is 12.7. The first-order valence-corrected chi connectivity index (χ1v) is 9.01. The minimum atomic E-state index is -0.853. The lowest BCUT2D eigenvalue weighted by atomic mass is 9.89. The van der Waals surface area contributed by atoms with Crippen molar-refractivity contribution in [1.29, 1.82) is 0 Å². The molecule has 2 fully saturated rings. The van der Waals surface area contributed by atoms with Gasteiger partial charge in [0.1, 0.15) is 6.04 Å². The van der Waals surface area contributed by atoms with E-state index in [-0.39, 0.29) is 5.91 Å². The molecule has 2 unspecified atom stereocenters. The van der Waals surface area contributed by atoms with Crippen LogP contribution in [0.2, 0.25) is 0 Å². The predicted molar refractivity (Wildman–Crippen MR) is 84.5 cm³/mol. The molecule has 2 heterocycles. The summed E-state index contributed by atoms with van der Waals surface area (Å²) in [6, 6.07) is -0.621. The molecule has 21 heavy (non-hydrogen) atoms. The Labute approximate surface area is 130 Å². The zero-order valence-corrected chi connectivity index (χ0v) is 13.5. The third-order valence-corrected chi connectivity index (χ3v) is 5.98. The van der Waals surface area contributed by atoms with Gasteiger partial charge >= 0.3 is 5.97 Å². The van der Waals surface area contributed by atoms with Crippen molar-refractivity contribution >= 4 is 23.6 Å². The maximum absolute atomic E-state index is 12.4. The average molecular weight is 314 g/mol. The predicted octanol–water partition coefficient (Wildman–Crippen LogP) is 1.57. The maximum Gasteiger partial charge on any atom is 0.326 e. The first-order valence-electron chi connectivity index (χ1n) is 7.96. The van der Waals surface area contributed by atoms with Crippen LogP contribution in [0.15, 0.2) is 0 Å². The summed E-state index contributed by atoms with van der Waals surface area (Å²) in [7, 11) is 0. The molecule has 0 radical (unpaired) electrons. The van der Waals surface area contributed by atoms with E-state index in [2.05, 4.69) is 12.2 Å². The van der Waals surface area contributed by atoms with Crippen LogP contribution in [0.3, 0.4) is 0 Å². The second-order valence-electron chi connectivity index (χ2n) is 6.00. The Morgan fingerprint density at radius 3 is 2.62 bits per heavy atom. The Morgan fingerprint density at radius 1 is 1.29 bits per heavy atom. The smallest absolute Gasteiger partial charge is 0.326 e. The van der Waals surface area contributed by atoms with E-state index in [9.17, 15) is 14.7 Å². The molecule has 0 aromatic rings. The Bertz CT molecular complexity index is 372. The molecular weight excluding hydrogens is 288 g/mol. The topological polar surface area (TPSA) is 69.6 Å². The summed E-state index contributed by atoms with van der Waals surface area (Å²) < 4.78 is 0. The minimum Gasteiger partial charge on any atom is -0.480 e. The monoisotopic (exact) mass is 314 g/mol. The Kier molecular flexibility index (Phi) is 6.36. The lowest BCUT2D eigenvalue weighted by molar-refractivity contribution is -0.152. The molecule has 0 aromatic carbocycles. The molecule has 2 aliphatic heterocycles. The van der Waals surface area contributed by atoms with Gasteiger partial charge in [-0.2, -0.15) is 0 Å². The highest BCUT2D eigenvalue weighted by molar-refractivity contribution is 8.00. The molecule has 0 aliphatic carbocycles. The summed E-state index contributed by atoms with van der Waals surface area (Å²) in [4.78, 5) is 25.4. The van der Waals surface area contributed by atoms with Gasteiger partial charge in [-0.05, 0) is 44.7 Å². The van der Waals surface area contributed by atoms with Crippen LogP contribution >= 0.6 is 11.8 Å². The molecule has 120 valence electrons. The number of carboxylic acid groups (broad SMARTS) is 1. The highest BCUT2D eigenvalue weighted by atomic mass is 32.2. The van der Waals surface area contributed by atoms with Crippen LogP contribution < -0.4 is 5.32 Å². The first-order chi connectivity index (χ1) is 10.1. The van der Waals surface area contributed by atoms with E-state index in [4.69, 9.17) is 0 Å². The normalized spacial score (nSPS) is 27.6. The molecule has 5 nitrogen and oxygen atoms in total. The second kappa shape index (κ2) is 8.03. The van der Waals surface area contributed by atoms with Crippen molar-refractivity contribution in [2.24, 2.45) is 5.92 Å². The number of hydrogen-bond donors (Lipinski definition) is 2. The largest absolute Gasteiger partial charge is 0.480 e. The lowest BCUT2D eigenvalue weighted by Crippen LogP contribution is -2.50. The van der Waals surface area contributed by atoms with Gasteiger partial charge in [-0.3, -0.25) is 4.79 Å². The minimum absolute atomic E-state index is 0.000450. The van der Waals surface area contributed by atoms with Crippen LogP contribution in [0.1, 0.15) is 39.0 Å². The number of hydrogen-bond acceptors (Lipinski definition) is 4. The number of carbonyl (C=O) groups is 2. The van der Waals surface area contributed by atoms with E-state index in [1.165, 1.54) is 0 Å². The zero-order chi connectivity index (χ0) is 15.2. The van der Waals surface area contributed by atoms with Crippen LogP contribution in [0, 0.1) is 5.92 Å². The van der Waals surface area contributed by atoms with Crippen molar-refractivity contribution in [3.63, 3.8) is 0 Å². The van der Waals surface area contributed by atoms with E-state index < -0.39 is 12.0 Å². The van der Waals surface area contributed by atoms with Gasteiger partial charge in [0.15, 0.2) is 0 Å². The highest BCUT2D eigenvalue weighted by Crippen LogP contribution is 2.27. The van der Waals surface area contributed by atoms with E-state index in [0.29, 0.717) is 29.9 Å². The Balaban J connectivity index is 1.85. The van der Waals surface area contributed by atoms with Crippen LogP contribution in [0.5, 0.6) is 0 Å². The fraction of sp³-hybridized carbons (Fsp3) is 0.867.